The molecule has 0 bridgehead atoms. The number of aryl methyl sites for hydroxylation is 4. The smallest absolute Gasteiger partial charge is 0.327 e. The lowest BCUT2D eigenvalue weighted by Crippen LogP contribution is -2.48. The number of hydrogen-bond donors (Lipinski definition) is 2. The molecule has 2 unspecified atom stereocenters. The van der Waals surface area contributed by atoms with Gasteiger partial charge in [-0.1, -0.05) is 234 Å². The molecule has 1 aliphatic heterocycles. The van der Waals surface area contributed by atoms with E-state index in [-0.39, 0.29) is 54.6 Å². The van der Waals surface area contributed by atoms with Crippen LogP contribution in [0.15, 0.2) is 24.3 Å². The van der Waals surface area contributed by atoms with Gasteiger partial charge in [-0.3, -0.25) is 19.3 Å². The summed E-state index contributed by atoms with van der Waals surface area (Å²) in [5.41, 5.74) is 3.62. The monoisotopic (exact) mass is 1190 g/mol. The third-order valence-corrected chi connectivity index (χ3v) is 19.8. The maximum absolute atomic E-state index is 14.8. The number of rotatable bonds is 48. The number of hydrogen-bond acceptors (Lipinski definition) is 10. The van der Waals surface area contributed by atoms with Crippen molar-refractivity contribution in [3.8, 4) is 11.5 Å². The van der Waals surface area contributed by atoms with Crippen molar-refractivity contribution in [2.24, 2.45) is 0 Å². The molecule has 2 aromatic carbocycles. The standard InChI is InChI=1S/C71H120N2O8S2/c1-13-17-21-23-25-27-29-31-33-37-45-82-53-59(80-63(74)41-39-57-47-55(5)65(76)61(49-57)69(7,8)43-35-19-15-3)51-72-67(78)71(11,12)73(68(72)79)52-60(54-83-46-38-34-32-30-28-26-24-22-18-14-2)81-64(75)42-40-58-48-56(6)66(77)62(50-58)70(9,10)44-36-20-16-4/h47-50,59-60,76-77H,13-46,51-54H2,1-12H3. The van der Waals surface area contributed by atoms with Crippen LogP contribution in [0.25, 0.3) is 0 Å². The molecule has 0 spiro atoms. The van der Waals surface area contributed by atoms with E-state index in [0.29, 0.717) is 35.8 Å². The second-order valence-electron chi connectivity index (χ2n) is 26.4. The number of nitrogens with zero attached hydrogens (tertiary/aromatic N) is 2. The SMILES string of the molecule is CCCCCCCCCCCCSCC(CN1C(=O)N(CC(CSCCCCCCCCCCCC)OC(=O)CCc2cc(C)c(O)c(C(C)(C)CCCCC)c2)C(C)(C)C1=O)OC(=O)CCc1cc(C)c(O)c(C(C)(C)CCCCC)c1. The van der Waals surface area contributed by atoms with Crippen LogP contribution >= 0.6 is 23.5 Å². The summed E-state index contributed by atoms with van der Waals surface area (Å²) in [4.78, 5) is 60.0. The lowest BCUT2D eigenvalue weighted by molar-refractivity contribution is -0.150. The lowest BCUT2D eigenvalue weighted by Gasteiger charge is -2.31. The van der Waals surface area contributed by atoms with Crippen LogP contribution in [0, 0.1) is 13.8 Å². The van der Waals surface area contributed by atoms with Crippen LogP contribution in [0.3, 0.4) is 0 Å². The Kier molecular flexibility index (Phi) is 35.7. The molecule has 1 aliphatic rings. The molecule has 3 amide bonds. The molecule has 2 aromatic rings. The predicted molar refractivity (Wildman–Crippen MR) is 353 cm³/mol. The molecule has 3 rings (SSSR count). The van der Waals surface area contributed by atoms with E-state index in [1.165, 1.54) is 108 Å². The summed E-state index contributed by atoms with van der Waals surface area (Å²) in [5, 5.41) is 22.4. The second kappa shape index (κ2) is 40.1. The third kappa shape index (κ3) is 27.1. The molecule has 2 atom stereocenters. The summed E-state index contributed by atoms with van der Waals surface area (Å²) >= 11 is 3.44. The van der Waals surface area contributed by atoms with Crippen molar-refractivity contribution >= 4 is 47.4 Å². The van der Waals surface area contributed by atoms with Crippen molar-refractivity contribution < 1.29 is 38.9 Å². The Labute approximate surface area is 515 Å². The molecule has 2 N–H and O–H groups in total. The molecule has 1 heterocycles. The van der Waals surface area contributed by atoms with Crippen molar-refractivity contribution in [1.82, 2.24) is 9.80 Å². The molecule has 83 heavy (non-hydrogen) atoms. The van der Waals surface area contributed by atoms with E-state index in [0.717, 1.165) is 122 Å². The maximum Gasteiger partial charge on any atom is 0.327 e. The highest BCUT2D eigenvalue weighted by Crippen LogP contribution is 2.40. The van der Waals surface area contributed by atoms with Crippen molar-refractivity contribution in [1.29, 1.82) is 0 Å². The topological polar surface area (TPSA) is 134 Å². The zero-order valence-corrected chi connectivity index (χ0v) is 56.5. The fraction of sp³-hybridized carbons (Fsp3) is 0.775. The van der Waals surface area contributed by atoms with E-state index in [1.807, 2.05) is 32.0 Å². The highest BCUT2D eigenvalue weighted by Gasteiger charge is 2.52. The first-order valence-electron chi connectivity index (χ1n) is 33.5. The Morgan fingerprint density at radius 2 is 0.855 bits per heavy atom. The fourth-order valence-corrected chi connectivity index (χ4v) is 13.8. The quantitative estimate of drug-likeness (QED) is 0.0375. The third-order valence-electron chi connectivity index (χ3n) is 17.4. The number of phenolic OH excluding ortho intramolecular Hbond substituents is 2. The predicted octanol–water partition coefficient (Wildman–Crippen LogP) is 19.2. The number of esters is 2. The van der Waals surface area contributed by atoms with Crippen LogP contribution in [0.1, 0.15) is 295 Å². The van der Waals surface area contributed by atoms with Crippen LogP contribution in [0.2, 0.25) is 0 Å². The van der Waals surface area contributed by atoms with Crippen LogP contribution in [-0.4, -0.2) is 97.7 Å². The van der Waals surface area contributed by atoms with Gasteiger partial charge in [-0.15, -0.1) is 0 Å². The Hall–Kier alpha value is -3.38. The van der Waals surface area contributed by atoms with Gasteiger partial charge >= 0.3 is 18.0 Å². The van der Waals surface area contributed by atoms with Gasteiger partial charge in [0, 0.05) is 35.5 Å². The number of benzene rings is 2. The Morgan fingerprint density at radius 3 is 1.23 bits per heavy atom. The van der Waals surface area contributed by atoms with E-state index in [4.69, 9.17) is 9.47 Å². The fourth-order valence-electron chi connectivity index (χ4n) is 11.8. The van der Waals surface area contributed by atoms with Gasteiger partial charge in [0.15, 0.2) is 0 Å². The largest absolute Gasteiger partial charge is 0.507 e. The van der Waals surface area contributed by atoms with Crippen LogP contribution in [0.4, 0.5) is 4.79 Å². The van der Waals surface area contributed by atoms with Crippen molar-refractivity contribution in [2.75, 3.05) is 36.1 Å². The number of phenols is 2. The molecule has 0 radical (unpaired) electrons. The van der Waals surface area contributed by atoms with Gasteiger partial charge in [-0.2, -0.15) is 23.5 Å². The number of urea groups is 1. The summed E-state index contributed by atoms with van der Waals surface area (Å²) in [5.74, 6) is 2.25. The van der Waals surface area contributed by atoms with E-state index in [2.05, 4.69) is 61.5 Å². The van der Waals surface area contributed by atoms with Crippen LogP contribution in [0.5, 0.6) is 11.5 Å². The molecule has 10 nitrogen and oxygen atoms in total. The minimum Gasteiger partial charge on any atom is -0.507 e. The van der Waals surface area contributed by atoms with Crippen molar-refractivity contribution in [3.63, 3.8) is 0 Å². The van der Waals surface area contributed by atoms with Crippen molar-refractivity contribution in [3.05, 3.63) is 57.6 Å². The van der Waals surface area contributed by atoms with Gasteiger partial charge in [0.2, 0.25) is 0 Å². The maximum atomic E-state index is 14.8. The molecule has 0 aliphatic carbocycles. The number of imide groups is 1. The zero-order valence-electron chi connectivity index (χ0n) is 54.9. The zero-order chi connectivity index (χ0) is 61.3. The summed E-state index contributed by atoms with van der Waals surface area (Å²) in [6.45, 7) is 24.9. The molecule has 0 saturated carbocycles. The summed E-state index contributed by atoms with van der Waals surface area (Å²) in [6, 6.07) is 7.55. The molecule has 12 heteroatoms. The Morgan fingerprint density at radius 1 is 0.518 bits per heavy atom. The highest BCUT2D eigenvalue weighted by atomic mass is 32.2. The number of thioether (sulfide) groups is 2. The molecular formula is C71H120N2O8S2. The second-order valence-corrected chi connectivity index (χ2v) is 28.7. The molecular weight excluding hydrogens is 1070 g/mol. The molecule has 1 fully saturated rings. The van der Waals surface area contributed by atoms with E-state index >= 15 is 0 Å². The molecule has 0 aromatic heterocycles. The Balaban J connectivity index is 1.80. The van der Waals surface area contributed by atoms with Gasteiger partial charge in [0.05, 0.1) is 13.1 Å². The summed E-state index contributed by atoms with van der Waals surface area (Å²) in [7, 11) is 0. The minimum absolute atomic E-state index is 0.0562. The van der Waals surface area contributed by atoms with Crippen LogP contribution in [-0.2, 0) is 47.5 Å². The minimum atomic E-state index is -1.23. The van der Waals surface area contributed by atoms with Gasteiger partial charge < -0.3 is 24.6 Å². The number of carbonyl (C=O) groups is 4. The van der Waals surface area contributed by atoms with Gasteiger partial charge in [-0.25, -0.2) is 4.79 Å². The number of unbranched alkanes of at least 4 members (excludes halogenated alkanes) is 22. The first-order chi connectivity index (χ1) is 39.6. The first kappa shape index (κ1) is 73.9. The molecule has 1 saturated heterocycles. The Bertz CT molecular complexity index is 2190. The van der Waals surface area contributed by atoms with Gasteiger partial charge in [0.1, 0.15) is 29.2 Å². The van der Waals surface area contributed by atoms with Gasteiger partial charge in [0.25, 0.3) is 5.91 Å². The summed E-state index contributed by atoms with van der Waals surface area (Å²) < 4.78 is 12.6. The first-order valence-corrected chi connectivity index (χ1v) is 35.8. The van der Waals surface area contributed by atoms with E-state index < -0.39 is 23.8 Å². The van der Waals surface area contributed by atoms with E-state index in [9.17, 15) is 29.4 Å². The van der Waals surface area contributed by atoms with Gasteiger partial charge in [-0.05, 0) is 111 Å². The number of amides is 3. The van der Waals surface area contributed by atoms with Crippen LogP contribution < -0.4 is 0 Å². The average Bonchev–Trinajstić information content (AvgIpc) is 3.75. The lowest BCUT2D eigenvalue weighted by atomic mass is 9.78. The number of ether oxygens (including phenoxy) is 2. The average molecular weight is 1190 g/mol. The number of carbonyl (C=O) groups excluding carboxylic acids is 4. The van der Waals surface area contributed by atoms with Crippen molar-refractivity contribution in [2.45, 2.75) is 317 Å². The number of aromatic hydroxyl groups is 2. The normalized spacial score (nSPS) is 14.5. The van der Waals surface area contributed by atoms with E-state index in [1.54, 1.807) is 42.3 Å². The molecule has 474 valence electrons. The summed E-state index contributed by atoms with van der Waals surface area (Å²) in [6.07, 6.45) is 33.3. The highest BCUT2D eigenvalue weighted by molar-refractivity contribution is 7.99.